The van der Waals surface area contributed by atoms with E-state index in [0.29, 0.717) is 28.5 Å². The van der Waals surface area contributed by atoms with Gasteiger partial charge in [0.1, 0.15) is 0 Å². The number of nitrogens with two attached hydrogens (primary N) is 1. The highest BCUT2D eigenvalue weighted by atomic mass is 35.5. The molecule has 7 nitrogen and oxygen atoms in total. The van der Waals surface area contributed by atoms with Crippen molar-refractivity contribution in [3.8, 4) is 11.3 Å². The monoisotopic (exact) mass is 437 g/mol. The lowest BCUT2D eigenvalue weighted by molar-refractivity contribution is -0.133. The lowest BCUT2D eigenvalue weighted by Crippen LogP contribution is -2.34. The molecule has 31 heavy (non-hydrogen) atoms. The standard InChI is InChI=1S/C23H24ClN5O2/c1-14(2)23(31)29(3)13-19(21-12-26-6-7-27-21)15-8-16(10-17(9-15)22(25)30)20-5-4-18(24)11-28-20/h4-12,14,19H,13H2,1-3H3,(H2,25,30). The Balaban J connectivity index is 2.12. The second kappa shape index (κ2) is 9.66. The molecule has 0 aliphatic carbocycles. The molecule has 1 atom stereocenters. The number of primary amides is 1. The Kier molecular flexibility index (Phi) is 6.97. The van der Waals surface area contributed by atoms with Crippen LogP contribution in [0.1, 0.15) is 41.4 Å². The number of amides is 2. The van der Waals surface area contributed by atoms with E-state index >= 15 is 0 Å². The van der Waals surface area contributed by atoms with Crippen molar-refractivity contribution < 1.29 is 9.59 Å². The van der Waals surface area contributed by atoms with Crippen molar-refractivity contribution in [2.45, 2.75) is 19.8 Å². The summed E-state index contributed by atoms with van der Waals surface area (Å²) in [6, 6.07) is 8.86. The third kappa shape index (κ3) is 5.44. The van der Waals surface area contributed by atoms with E-state index in [1.54, 1.807) is 61.0 Å². The van der Waals surface area contributed by atoms with Crippen LogP contribution in [0.15, 0.2) is 55.1 Å². The fourth-order valence-electron chi connectivity index (χ4n) is 3.35. The van der Waals surface area contributed by atoms with Crippen LogP contribution in [0.3, 0.4) is 0 Å². The molecule has 1 aromatic carbocycles. The molecular weight excluding hydrogens is 414 g/mol. The molecule has 0 fully saturated rings. The van der Waals surface area contributed by atoms with Gasteiger partial charge in [-0.15, -0.1) is 0 Å². The first-order valence-corrected chi connectivity index (χ1v) is 10.2. The summed E-state index contributed by atoms with van der Waals surface area (Å²) in [6.07, 6.45) is 6.40. The molecule has 2 amide bonds. The van der Waals surface area contributed by atoms with E-state index in [2.05, 4.69) is 15.0 Å². The van der Waals surface area contributed by atoms with Crippen LogP contribution in [0.25, 0.3) is 11.3 Å². The third-order valence-electron chi connectivity index (χ3n) is 4.93. The van der Waals surface area contributed by atoms with Gasteiger partial charge in [0.05, 0.1) is 16.4 Å². The molecule has 0 aliphatic heterocycles. The van der Waals surface area contributed by atoms with E-state index in [1.165, 1.54) is 0 Å². The zero-order chi connectivity index (χ0) is 22.5. The predicted octanol–water partition coefficient (Wildman–Crippen LogP) is 3.54. The van der Waals surface area contributed by atoms with Crippen LogP contribution < -0.4 is 5.73 Å². The average Bonchev–Trinajstić information content (AvgIpc) is 2.77. The maximum absolute atomic E-state index is 12.5. The highest BCUT2D eigenvalue weighted by molar-refractivity contribution is 6.30. The summed E-state index contributed by atoms with van der Waals surface area (Å²) in [5.74, 6) is -0.994. The van der Waals surface area contributed by atoms with Crippen molar-refractivity contribution in [2.24, 2.45) is 11.7 Å². The summed E-state index contributed by atoms with van der Waals surface area (Å²) in [4.78, 5) is 39.2. The lowest BCUT2D eigenvalue weighted by Gasteiger charge is -2.26. The molecule has 1 unspecified atom stereocenters. The minimum atomic E-state index is -0.554. The van der Waals surface area contributed by atoms with Crippen LogP contribution in [0.5, 0.6) is 0 Å². The quantitative estimate of drug-likeness (QED) is 0.609. The third-order valence-corrected chi connectivity index (χ3v) is 5.16. The second-order valence-electron chi connectivity index (χ2n) is 7.63. The van der Waals surface area contributed by atoms with Crippen LogP contribution in [-0.2, 0) is 4.79 Å². The van der Waals surface area contributed by atoms with Crippen LogP contribution >= 0.6 is 11.6 Å². The molecule has 0 saturated carbocycles. The van der Waals surface area contributed by atoms with Gasteiger partial charge in [-0.05, 0) is 35.9 Å². The maximum atomic E-state index is 12.5. The largest absolute Gasteiger partial charge is 0.366 e. The van der Waals surface area contributed by atoms with Crippen molar-refractivity contribution in [2.75, 3.05) is 13.6 Å². The topological polar surface area (TPSA) is 102 Å². The minimum Gasteiger partial charge on any atom is -0.366 e. The zero-order valence-corrected chi connectivity index (χ0v) is 18.4. The molecule has 8 heteroatoms. The number of nitrogens with zero attached hydrogens (tertiary/aromatic N) is 4. The molecule has 0 aliphatic rings. The smallest absolute Gasteiger partial charge is 0.248 e. The fraction of sp³-hybridized carbons (Fsp3) is 0.261. The number of likely N-dealkylation sites (N-methyl/N-ethyl adjacent to an activating group) is 1. The number of carbonyl (C=O) groups is 2. The fourth-order valence-corrected chi connectivity index (χ4v) is 3.47. The average molecular weight is 438 g/mol. The van der Waals surface area contributed by atoms with E-state index in [-0.39, 0.29) is 17.7 Å². The van der Waals surface area contributed by atoms with Gasteiger partial charge >= 0.3 is 0 Å². The number of benzene rings is 1. The lowest BCUT2D eigenvalue weighted by atomic mass is 9.90. The maximum Gasteiger partial charge on any atom is 0.248 e. The number of carbonyl (C=O) groups excluding carboxylic acids is 2. The summed E-state index contributed by atoms with van der Waals surface area (Å²) < 4.78 is 0. The van der Waals surface area contributed by atoms with Crippen molar-refractivity contribution in [3.63, 3.8) is 0 Å². The van der Waals surface area contributed by atoms with Gasteiger partial charge in [0.25, 0.3) is 0 Å². The van der Waals surface area contributed by atoms with E-state index in [9.17, 15) is 9.59 Å². The van der Waals surface area contributed by atoms with Crippen molar-refractivity contribution in [3.05, 3.63) is 77.0 Å². The van der Waals surface area contributed by atoms with Gasteiger partial charge in [0.15, 0.2) is 0 Å². The zero-order valence-electron chi connectivity index (χ0n) is 17.6. The van der Waals surface area contributed by atoms with Crippen LogP contribution in [0.2, 0.25) is 5.02 Å². The number of rotatable bonds is 7. The molecular formula is C23H24ClN5O2. The Morgan fingerprint density at radius 1 is 1.10 bits per heavy atom. The normalized spacial score (nSPS) is 11.9. The van der Waals surface area contributed by atoms with E-state index in [1.807, 2.05) is 19.9 Å². The highest BCUT2D eigenvalue weighted by Gasteiger charge is 2.24. The van der Waals surface area contributed by atoms with Gasteiger partial charge in [-0.2, -0.15) is 0 Å². The summed E-state index contributed by atoms with van der Waals surface area (Å²) in [5, 5.41) is 0.515. The Morgan fingerprint density at radius 2 is 1.87 bits per heavy atom. The molecule has 3 rings (SSSR count). The Labute approximate surface area is 186 Å². The molecule has 0 radical (unpaired) electrons. The van der Waals surface area contributed by atoms with Crippen LogP contribution in [0, 0.1) is 5.92 Å². The molecule has 0 saturated heterocycles. The summed E-state index contributed by atoms with van der Waals surface area (Å²) >= 11 is 5.97. The first kappa shape index (κ1) is 22.4. The molecule has 0 bridgehead atoms. The van der Waals surface area contributed by atoms with Gasteiger partial charge in [0, 0.05) is 61.3 Å². The first-order valence-electron chi connectivity index (χ1n) is 9.84. The number of halogens is 1. The van der Waals surface area contributed by atoms with Crippen molar-refractivity contribution in [1.29, 1.82) is 0 Å². The molecule has 0 spiro atoms. The molecule has 3 aromatic rings. The predicted molar refractivity (Wildman–Crippen MR) is 120 cm³/mol. The van der Waals surface area contributed by atoms with Crippen LogP contribution in [-0.4, -0.2) is 45.3 Å². The number of pyridine rings is 1. The van der Waals surface area contributed by atoms with Crippen molar-refractivity contribution >= 4 is 23.4 Å². The second-order valence-corrected chi connectivity index (χ2v) is 8.06. The molecule has 160 valence electrons. The van der Waals surface area contributed by atoms with E-state index < -0.39 is 5.91 Å². The summed E-state index contributed by atoms with van der Waals surface area (Å²) in [7, 11) is 1.76. The minimum absolute atomic E-state index is 0.0135. The van der Waals surface area contributed by atoms with Gasteiger partial charge in [-0.1, -0.05) is 25.4 Å². The van der Waals surface area contributed by atoms with E-state index in [4.69, 9.17) is 17.3 Å². The molecule has 2 N–H and O–H groups in total. The van der Waals surface area contributed by atoms with Gasteiger partial charge in [0.2, 0.25) is 11.8 Å². The van der Waals surface area contributed by atoms with Gasteiger partial charge in [-0.25, -0.2) is 0 Å². The van der Waals surface area contributed by atoms with Crippen molar-refractivity contribution in [1.82, 2.24) is 19.9 Å². The SMILES string of the molecule is CC(C)C(=O)N(C)CC(c1cc(C(N)=O)cc(-c2ccc(Cl)cn2)c1)c1cnccn1. The number of hydrogen-bond acceptors (Lipinski definition) is 5. The number of aromatic nitrogens is 3. The molecule has 2 aromatic heterocycles. The van der Waals surface area contributed by atoms with Crippen LogP contribution in [0.4, 0.5) is 0 Å². The number of hydrogen-bond donors (Lipinski definition) is 1. The summed E-state index contributed by atoms with van der Waals surface area (Å²) in [5.41, 5.74) is 8.79. The Hall–Kier alpha value is -3.32. The molecule has 2 heterocycles. The van der Waals surface area contributed by atoms with Gasteiger partial charge in [-0.3, -0.25) is 24.5 Å². The Morgan fingerprint density at radius 3 is 2.45 bits per heavy atom. The van der Waals surface area contributed by atoms with E-state index in [0.717, 1.165) is 11.1 Å². The van der Waals surface area contributed by atoms with Gasteiger partial charge < -0.3 is 10.6 Å². The Bertz CT molecular complexity index is 1070. The highest BCUT2D eigenvalue weighted by Crippen LogP contribution is 2.30. The first-order chi connectivity index (χ1) is 14.8. The summed E-state index contributed by atoms with van der Waals surface area (Å²) in [6.45, 7) is 4.08.